The van der Waals surface area contributed by atoms with Crippen molar-refractivity contribution in [3.63, 3.8) is 0 Å². The normalized spacial score (nSPS) is 12.2. The lowest BCUT2D eigenvalue weighted by atomic mass is 10.2. The third kappa shape index (κ3) is 4.09. The van der Waals surface area contributed by atoms with Gasteiger partial charge in [0.05, 0.1) is 0 Å². The molecule has 0 heterocycles. The second-order valence-corrected chi connectivity index (χ2v) is 5.12. The van der Waals surface area contributed by atoms with Crippen LogP contribution in [0.5, 0.6) is 0 Å². The maximum absolute atomic E-state index is 10.2. The summed E-state index contributed by atoms with van der Waals surface area (Å²) >= 11 is 12.7. The summed E-state index contributed by atoms with van der Waals surface area (Å²) in [6.07, 6.45) is 2.12. The molecule has 1 nitrogen and oxygen atoms in total. The van der Waals surface area contributed by atoms with Gasteiger partial charge >= 0.3 is 0 Å². The first kappa shape index (κ1) is 12.9. The Morgan fingerprint density at radius 1 is 1.27 bits per heavy atom. The van der Waals surface area contributed by atoms with Gasteiger partial charge in [-0.05, 0) is 40.0 Å². The number of hydrogen-bond acceptors (Lipinski definition) is 1. The lowest BCUT2D eigenvalue weighted by molar-refractivity contribution is -0.107. The maximum Gasteiger partial charge on any atom is 0.120 e. The van der Waals surface area contributed by atoms with Crippen molar-refractivity contribution in [1.29, 1.82) is 0 Å². The lowest BCUT2D eigenvalue weighted by Gasteiger charge is -2.03. The molecule has 0 unspecified atom stereocenters. The molecule has 0 fully saturated rings. The predicted molar refractivity (Wildman–Crippen MR) is 71.5 cm³/mol. The van der Waals surface area contributed by atoms with Gasteiger partial charge in [-0.3, -0.25) is 0 Å². The van der Waals surface area contributed by atoms with Crippen molar-refractivity contribution in [2.24, 2.45) is 0 Å². The van der Waals surface area contributed by atoms with E-state index in [0.29, 0.717) is 17.9 Å². The van der Waals surface area contributed by atoms with Crippen LogP contribution in [-0.4, -0.2) is 6.29 Å². The zero-order valence-electron chi connectivity index (χ0n) is 7.84. The molecule has 0 aromatic heterocycles. The summed E-state index contributed by atoms with van der Waals surface area (Å²) in [6, 6.07) is 7.51. The van der Waals surface area contributed by atoms with Crippen molar-refractivity contribution in [3.8, 4) is 0 Å². The second-order valence-electron chi connectivity index (χ2n) is 2.93. The quantitative estimate of drug-likeness (QED) is 0.713. The number of benzene rings is 1. The van der Waals surface area contributed by atoms with Gasteiger partial charge in [0.25, 0.3) is 0 Å². The highest BCUT2D eigenvalue weighted by Crippen LogP contribution is 2.31. The van der Waals surface area contributed by atoms with E-state index in [2.05, 4.69) is 31.9 Å². The second kappa shape index (κ2) is 6.46. The smallest absolute Gasteiger partial charge is 0.120 e. The molecule has 0 radical (unpaired) electrons. The molecule has 80 valence electrons. The lowest BCUT2D eigenvalue weighted by Crippen LogP contribution is -1.82. The van der Waals surface area contributed by atoms with Gasteiger partial charge < -0.3 is 4.79 Å². The van der Waals surface area contributed by atoms with Gasteiger partial charge in [0.1, 0.15) is 6.29 Å². The number of halogens is 3. The first-order chi connectivity index (χ1) is 7.15. The summed E-state index contributed by atoms with van der Waals surface area (Å²) in [6.45, 7) is 0. The highest BCUT2D eigenvalue weighted by atomic mass is 79.9. The van der Waals surface area contributed by atoms with Crippen molar-refractivity contribution in [2.45, 2.75) is 12.8 Å². The van der Waals surface area contributed by atoms with Crippen LogP contribution in [0.2, 0.25) is 5.02 Å². The van der Waals surface area contributed by atoms with E-state index in [4.69, 9.17) is 11.6 Å². The topological polar surface area (TPSA) is 17.1 Å². The summed E-state index contributed by atoms with van der Waals surface area (Å²) in [5, 5.41) is 0.711. The molecule has 0 aliphatic heterocycles. The molecule has 0 aliphatic rings. The van der Waals surface area contributed by atoms with Crippen LogP contribution in [0.3, 0.4) is 0 Å². The van der Waals surface area contributed by atoms with Crippen LogP contribution in [0.25, 0.3) is 4.48 Å². The maximum atomic E-state index is 10.2. The third-order valence-electron chi connectivity index (χ3n) is 1.82. The van der Waals surface area contributed by atoms with E-state index < -0.39 is 0 Å². The van der Waals surface area contributed by atoms with Crippen LogP contribution in [0.15, 0.2) is 28.7 Å². The van der Waals surface area contributed by atoms with Gasteiger partial charge in [-0.25, -0.2) is 0 Å². The van der Waals surface area contributed by atoms with Crippen molar-refractivity contribution in [3.05, 3.63) is 39.3 Å². The molecule has 4 heteroatoms. The average Bonchev–Trinajstić information content (AvgIpc) is 2.26. The Balaban J connectivity index is 2.86. The van der Waals surface area contributed by atoms with Crippen LogP contribution in [-0.2, 0) is 4.79 Å². The molecular weight excluding hydrogens is 343 g/mol. The Hall–Kier alpha value is -0.120. The minimum atomic E-state index is 0.517. The zero-order valence-corrected chi connectivity index (χ0v) is 11.8. The molecule has 15 heavy (non-hydrogen) atoms. The molecule has 0 amide bonds. The first-order valence-corrected chi connectivity index (χ1v) is 6.35. The van der Waals surface area contributed by atoms with Gasteiger partial charge in [0.15, 0.2) is 0 Å². The molecule has 0 aliphatic carbocycles. The Bertz CT molecular complexity index is 371. The van der Waals surface area contributed by atoms with Crippen molar-refractivity contribution in [2.75, 3.05) is 0 Å². The zero-order chi connectivity index (χ0) is 11.3. The summed E-state index contributed by atoms with van der Waals surface area (Å²) < 4.78 is 1.94. The van der Waals surface area contributed by atoms with Crippen LogP contribution < -0.4 is 0 Å². The van der Waals surface area contributed by atoms with Gasteiger partial charge in [-0.15, -0.1) is 0 Å². The van der Waals surface area contributed by atoms with E-state index in [1.165, 1.54) is 0 Å². The number of carbonyl (C=O) groups is 1. The Morgan fingerprint density at radius 2 is 1.87 bits per heavy atom. The molecule has 0 N–H and O–H groups in total. The van der Waals surface area contributed by atoms with E-state index in [9.17, 15) is 4.79 Å². The number of hydrogen-bond donors (Lipinski definition) is 0. The number of rotatable bonds is 4. The molecule has 0 saturated heterocycles. The number of allylic oxidation sites excluding steroid dienone is 1. The number of aldehydes is 1. The predicted octanol–water partition coefficient (Wildman–Crippen LogP) is 4.78. The van der Waals surface area contributed by atoms with E-state index in [-0.39, 0.29) is 0 Å². The van der Waals surface area contributed by atoms with Crippen LogP contribution in [0.1, 0.15) is 18.4 Å². The Morgan fingerprint density at radius 3 is 2.40 bits per heavy atom. The van der Waals surface area contributed by atoms with Gasteiger partial charge in [0, 0.05) is 20.4 Å². The molecule has 0 spiro atoms. The summed E-state index contributed by atoms with van der Waals surface area (Å²) in [5.74, 6) is 0. The summed E-state index contributed by atoms with van der Waals surface area (Å²) in [4.78, 5) is 10.2. The third-order valence-corrected chi connectivity index (χ3v) is 4.33. The Kier molecular flexibility index (Phi) is 5.58. The SMILES string of the molecule is O=CCC/C(Br)=C(/Br)c1ccc(Cl)cc1. The fourth-order valence-corrected chi connectivity index (χ4v) is 2.09. The largest absolute Gasteiger partial charge is 0.303 e. The van der Waals surface area contributed by atoms with Crippen molar-refractivity contribution in [1.82, 2.24) is 0 Å². The van der Waals surface area contributed by atoms with Crippen LogP contribution >= 0.6 is 43.5 Å². The molecular formula is C11H9Br2ClO. The highest BCUT2D eigenvalue weighted by Gasteiger charge is 2.03. The standard InChI is InChI=1S/C11H9Br2ClO/c12-10(2-1-7-15)11(13)8-3-5-9(14)6-4-8/h3-7H,1-2H2/b11-10-. The molecule has 0 bridgehead atoms. The first-order valence-electron chi connectivity index (χ1n) is 4.39. The van der Waals surface area contributed by atoms with Gasteiger partial charge in [-0.2, -0.15) is 0 Å². The average molecular weight is 352 g/mol. The minimum absolute atomic E-state index is 0.517. The summed E-state index contributed by atoms with van der Waals surface area (Å²) in [7, 11) is 0. The van der Waals surface area contributed by atoms with E-state index in [1.54, 1.807) is 0 Å². The fourth-order valence-electron chi connectivity index (χ4n) is 1.05. The van der Waals surface area contributed by atoms with Gasteiger partial charge in [-0.1, -0.05) is 39.7 Å². The highest BCUT2D eigenvalue weighted by molar-refractivity contribution is 9.16. The Labute approximate surface area is 111 Å². The van der Waals surface area contributed by atoms with E-state index in [1.807, 2.05) is 24.3 Å². The minimum Gasteiger partial charge on any atom is -0.303 e. The van der Waals surface area contributed by atoms with Crippen molar-refractivity contribution < 1.29 is 4.79 Å². The molecule has 1 aromatic rings. The van der Waals surface area contributed by atoms with Crippen molar-refractivity contribution >= 4 is 54.2 Å². The van der Waals surface area contributed by atoms with E-state index >= 15 is 0 Å². The van der Waals surface area contributed by atoms with E-state index in [0.717, 1.165) is 20.8 Å². The van der Waals surface area contributed by atoms with Crippen LogP contribution in [0, 0.1) is 0 Å². The number of carbonyl (C=O) groups excluding carboxylic acids is 1. The summed E-state index contributed by atoms with van der Waals surface area (Å²) in [5.41, 5.74) is 1.04. The fraction of sp³-hybridized carbons (Fsp3) is 0.182. The molecule has 0 saturated carbocycles. The molecule has 0 atom stereocenters. The van der Waals surface area contributed by atoms with Gasteiger partial charge in [0.2, 0.25) is 0 Å². The monoisotopic (exact) mass is 350 g/mol. The van der Waals surface area contributed by atoms with Crippen LogP contribution in [0.4, 0.5) is 0 Å². The molecule has 1 aromatic carbocycles. The molecule has 1 rings (SSSR count).